The molecule has 21 heavy (non-hydrogen) atoms. The van der Waals surface area contributed by atoms with Gasteiger partial charge >= 0.3 is 0 Å². The third-order valence-corrected chi connectivity index (χ3v) is 7.11. The second-order valence-corrected chi connectivity index (χ2v) is 9.89. The van der Waals surface area contributed by atoms with Crippen molar-refractivity contribution in [3.05, 3.63) is 29.8 Å². The minimum atomic E-state index is -3.38. The number of aryl methyl sites for hydroxylation is 1. The van der Waals surface area contributed by atoms with Crippen molar-refractivity contribution >= 4 is 10.0 Å². The number of benzene rings is 1. The van der Waals surface area contributed by atoms with E-state index in [0.29, 0.717) is 11.4 Å². The van der Waals surface area contributed by atoms with Gasteiger partial charge in [-0.15, -0.1) is 0 Å². The van der Waals surface area contributed by atoms with Crippen molar-refractivity contribution in [2.45, 2.75) is 57.9 Å². The molecule has 0 amide bonds. The van der Waals surface area contributed by atoms with Crippen molar-refractivity contribution in [1.29, 1.82) is 0 Å². The molecule has 2 aliphatic rings. The van der Waals surface area contributed by atoms with Gasteiger partial charge in [-0.2, -0.15) is 4.31 Å². The summed E-state index contributed by atoms with van der Waals surface area (Å²) in [5.74, 6) is 0. The highest BCUT2D eigenvalue weighted by Crippen LogP contribution is 2.53. The first-order valence-corrected chi connectivity index (χ1v) is 9.15. The molecule has 1 saturated heterocycles. The molecule has 3 rings (SSSR count). The Morgan fingerprint density at radius 3 is 2.48 bits per heavy atom. The fourth-order valence-electron chi connectivity index (χ4n) is 4.66. The number of hydrogen-bond donors (Lipinski definition) is 0. The van der Waals surface area contributed by atoms with Gasteiger partial charge in [-0.25, -0.2) is 8.42 Å². The topological polar surface area (TPSA) is 37.4 Å². The Balaban J connectivity index is 2.00. The van der Waals surface area contributed by atoms with E-state index < -0.39 is 10.0 Å². The molecule has 1 aliphatic carbocycles. The Kier molecular flexibility index (Phi) is 3.27. The van der Waals surface area contributed by atoms with Crippen molar-refractivity contribution in [2.75, 3.05) is 6.54 Å². The van der Waals surface area contributed by atoms with E-state index in [1.807, 2.05) is 25.1 Å². The van der Waals surface area contributed by atoms with E-state index >= 15 is 0 Å². The molecule has 2 unspecified atom stereocenters. The standard InChI is InChI=1S/C17H25NO2S/c1-13-7-5-6-8-15(13)21(19,20)18-12-17(4)10-14(18)9-16(2,3)11-17/h5-8,14H,9-12H2,1-4H3. The van der Waals surface area contributed by atoms with Crippen LogP contribution in [0.1, 0.15) is 45.6 Å². The minimum Gasteiger partial charge on any atom is -0.207 e. The van der Waals surface area contributed by atoms with Gasteiger partial charge in [0.05, 0.1) is 4.90 Å². The quantitative estimate of drug-likeness (QED) is 0.837. The van der Waals surface area contributed by atoms with Gasteiger partial charge in [-0.3, -0.25) is 0 Å². The van der Waals surface area contributed by atoms with Crippen LogP contribution in [0.5, 0.6) is 0 Å². The number of rotatable bonds is 2. The van der Waals surface area contributed by atoms with Crippen LogP contribution in [-0.2, 0) is 10.0 Å². The van der Waals surface area contributed by atoms with Crippen molar-refractivity contribution in [2.24, 2.45) is 10.8 Å². The first-order valence-electron chi connectivity index (χ1n) is 7.71. The Hall–Kier alpha value is -0.870. The SMILES string of the molecule is Cc1ccccc1S(=O)(=O)N1CC2(C)CC1CC(C)(C)C2. The predicted octanol–water partition coefficient (Wildman–Crippen LogP) is 3.58. The summed E-state index contributed by atoms with van der Waals surface area (Å²) in [6, 6.07) is 7.47. The van der Waals surface area contributed by atoms with Gasteiger partial charge in [-0.05, 0) is 48.6 Å². The number of hydrogen-bond acceptors (Lipinski definition) is 2. The molecule has 0 aromatic heterocycles. The zero-order chi connectivity index (χ0) is 15.5. The van der Waals surface area contributed by atoms with Crippen LogP contribution >= 0.6 is 0 Å². The van der Waals surface area contributed by atoms with Crippen molar-refractivity contribution in [3.63, 3.8) is 0 Å². The lowest BCUT2D eigenvalue weighted by molar-refractivity contribution is 0.133. The summed E-state index contributed by atoms with van der Waals surface area (Å²) >= 11 is 0. The largest absolute Gasteiger partial charge is 0.243 e. The Morgan fingerprint density at radius 2 is 1.81 bits per heavy atom. The van der Waals surface area contributed by atoms with Crippen LogP contribution in [0.4, 0.5) is 0 Å². The molecule has 0 spiro atoms. The second kappa shape index (κ2) is 4.56. The molecular weight excluding hydrogens is 282 g/mol. The lowest BCUT2D eigenvalue weighted by atomic mass is 9.65. The molecule has 1 saturated carbocycles. The highest BCUT2D eigenvalue weighted by molar-refractivity contribution is 7.89. The highest BCUT2D eigenvalue weighted by Gasteiger charge is 2.53. The molecule has 1 aromatic rings. The van der Waals surface area contributed by atoms with E-state index in [0.717, 1.165) is 24.8 Å². The maximum atomic E-state index is 13.1. The Bertz CT molecular complexity index is 665. The molecule has 116 valence electrons. The van der Waals surface area contributed by atoms with E-state index in [4.69, 9.17) is 0 Å². The zero-order valence-electron chi connectivity index (χ0n) is 13.4. The van der Waals surface area contributed by atoms with Crippen LogP contribution in [0.3, 0.4) is 0 Å². The molecule has 1 aliphatic heterocycles. The molecule has 0 radical (unpaired) electrons. The van der Waals surface area contributed by atoms with Crippen LogP contribution in [-0.4, -0.2) is 25.3 Å². The molecular formula is C17H25NO2S. The fraction of sp³-hybridized carbons (Fsp3) is 0.647. The third kappa shape index (κ3) is 2.53. The van der Waals surface area contributed by atoms with Crippen LogP contribution in [0.25, 0.3) is 0 Å². The molecule has 1 heterocycles. The maximum Gasteiger partial charge on any atom is 0.243 e. The number of fused-ring (bicyclic) bond motifs is 2. The van der Waals surface area contributed by atoms with Gasteiger partial charge in [0.2, 0.25) is 10.0 Å². The molecule has 4 heteroatoms. The average molecular weight is 307 g/mol. The lowest BCUT2D eigenvalue weighted by Crippen LogP contribution is -2.37. The first kappa shape index (κ1) is 15.0. The summed E-state index contributed by atoms with van der Waals surface area (Å²) in [5.41, 5.74) is 1.19. The summed E-state index contributed by atoms with van der Waals surface area (Å²) in [6.45, 7) is 9.31. The average Bonchev–Trinajstić information content (AvgIpc) is 2.59. The predicted molar refractivity (Wildman–Crippen MR) is 84.6 cm³/mol. The van der Waals surface area contributed by atoms with E-state index in [2.05, 4.69) is 20.8 Å². The Labute approximate surface area is 128 Å². The fourth-order valence-corrected chi connectivity index (χ4v) is 6.66. The van der Waals surface area contributed by atoms with Crippen LogP contribution in [0.2, 0.25) is 0 Å². The van der Waals surface area contributed by atoms with Crippen LogP contribution in [0, 0.1) is 17.8 Å². The molecule has 2 fully saturated rings. The molecule has 2 bridgehead atoms. The van der Waals surface area contributed by atoms with E-state index in [-0.39, 0.29) is 16.9 Å². The summed E-state index contributed by atoms with van der Waals surface area (Å²) in [4.78, 5) is 0.471. The number of sulfonamides is 1. The third-order valence-electron chi connectivity index (χ3n) is 5.05. The van der Waals surface area contributed by atoms with E-state index in [1.165, 1.54) is 0 Å². The number of nitrogens with zero attached hydrogens (tertiary/aromatic N) is 1. The summed E-state index contributed by atoms with van der Waals surface area (Å²) < 4.78 is 27.9. The van der Waals surface area contributed by atoms with Gasteiger partial charge in [0.15, 0.2) is 0 Å². The molecule has 2 atom stereocenters. The lowest BCUT2D eigenvalue weighted by Gasteiger charge is -2.39. The highest BCUT2D eigenvalue weighted by atomic mass is 32.2. The van der Waals surface area contributed by atoms with Crippen molar-refractivity contribution in [3.8, 4) is 0 Å². The van der Waals surface area contributed by atoms with Gasteiger partial charge < -0.3 is 0 Å². The van der Waals surface area contributed by atoms with E-state index in [1.54, 1.807) is 10.4 Å². The minimum absolute atomic E-state index is 0.127. The summed E-state index contributed by atoms with van der Waals surface area (Å²) in [6.07, 6.45) is 3.07. The normalized spacial score (nSPS) is 32.3. The summed E-state index contributed by atoms with van der Waals surface area (Å²) in [7, 11) is -3.38. The second-order valence-electron chi connectivity index (χ2n) is 8.03. The molecule has 0 N–H and O–H groups in total. The molecule has 3 nitrogen and oxygen atoms in total. The summed E-state index contributed by atoms with van der Waals surface area (Å²) in [5, 5.41) is 0. The van der Waals surface area contributed by atoms with Crippen LogP contribution in [0.15, 0.2) is 29.2 Å². The van der Waals surface area contributed by atoms with Gasteiger partial charge in [-0.1, -0.05) is 39.0 Å². The van der Waals surface area contributed by atoms with Gasteiger partial charge in [0.25, 0.3) is 0 Å². The van der Waals surface area contributed by atoms with Crippen molar-refractivity contribution < 1.29 is 8.42 Å². The van der Waals surface area contributed by atoms with Gasteiger partial charge in [0.1, 0.15) is 0 Å². The van der Waals surface area contributed by atoms with Crippen molar-refractivity contribution in [1.82, 2.24) is 4.31 Å². The van der Waals surface area contributed by atoms with E-state index in [9.17, 15) is 8.42 Å². The maximum absolute atomic E-state index is 13.1. The smallest absolute Gasteiger partial charge is 0.207 e. The monoisotopic (exact) mass is 307 g/mol. The Morgan fingerprint density at radius 1 is 1.14 bits per heavy atom. The van der Waals surface area contributed by atoms with Crippen LogP contribution < -0.4 is 0 Å². The van der Waals surface area contributed by atoms with Gasteiger partial charge in [0, 0.05) is 12.6 Å². The molecule has 1 aromatic carbocycles. The zero-order valence-corrected chi connectivity index (χ0v) is 14.2. The first-order chi connectivity index (χ1) is 9.63.